The summed E-state index contributed by atoms with van der Waals surface area (Å²) >= 11 is 0. The van der Waals surface area contributed by atoms with E-state index in [4.69, 9.17) is 0 Å². The first-order valence-corrected chi connectivity index (χ1v) is 12.0. The molecular weight excluding hydrogens is 352 g/mol. The third kappa shape index (κ3) is 3.07. The van der Waals surface area contributed by atoms with Crippen LogP contribution in [0.2, 0.25) is 0 Å². The third-order valence-corrected chi connectivity index (χ3v) is 9.60. The smallest absolute Gasteiger partial charge is 0.159 e. The highest BCUT2D eigenvalue weighted by Gasteiger charge is 2.59. The molecule has 3 fully saturated rings. The van der Waals surface area contributed by atoms with Crippen molar-refractivity contribution < 1.29 is 4.79 Å². The van der Waals surface area contributed by atoms with E-state index in [0.717, 1.165) is 29.7 Å². The standard InChI is InChI=1S/C28H36O/c1-27-18-7-6-10-21(27)12-13-22-23-14-15-25(28(23,2)19-17-24(22)27)26(29)16-11-20-8-4-3-5-9-20/h3-5,8-9,11-12,16,22-25H,6-7,10,13-15,17-19H2,1-2H3/b16-11+. The first-order chi connectivity index (χ1) is 14.0. The summed E-state index contributed by atoms with van der Waals surface area (Å²) in [5.41, 5.74) is 3.57. The molecule has 154 valence electrons. The molecule has 4 aliphatic carbocycles. The largest absolute Gasteiger partial charge is 0.295 e. The van der Waals surface area contributed by atoms with Gasteiger partial charge in [-0.2, -0.15) is 0 Å². The van der Waals surface area contributed by atoms with Gasteiger partial charge in [-0.3, -0.25) is 4.79 Å². The molecule has 0 aromatic heterocycles. The zero-order chi connectivity index (χ0) is 20.1. The summed E-state index contributed by atoms with van der Waals surface area (Å²) in [6, 6.07) is 10.2. The fourth-order valence-corrected chi connectivity index (χ4v) is 8.02. The number of ketones is 1. The number of benzene rings is 1. The number of hydrogen-bond acceptors (Lipinski definition) is 1. The van der Waals surface area contributed by atoms with Gasteiger partial charge in [0.15, 0.2) is 5.78 Å². The Morgan fingerprint density at radius 1 is 1.00 bits per heavy atom. The van der Waals surface area contributed by atoms with Crippen LogP contribution in [-0.4, -0.2) is 5.78 Å². The molecule has 0 radical (unpaired) electrons. The van der Waals surface area contributed by atoms with Gasteiger partial charge in [-0.25, -0.2) is 0 Å². The van der Waals surface area contributed by atoms with Gasteiger partial charge in [-0.15, -0.1) is 0 Å². The van der Waals surface area contributed by atoms with E-state index in [2.05, 4.69) is 32.1 Å². The monoisotopic (exact) mass is 388 g/mol. The Balaban J connectivity index is 1.37. The quantitative estimate of drug-likeness (QED) is 0.394. The van der Waals surface area contributed by atoms with Crippen LogP contribution in [0.15, 0.2) is 48.1 Å². The maximum atomic E-state index is 13.2. The van der Waals surface area contributed by atoms with Crippen LogP contribution in [0.1, 0.15) is 77.2 Å². The summed E-state index contributed by atoms with van der Waals surface area (Å²) in [6.45, 7) is 5.04. The number of allylic oxidation sites excluding steroid dienone is 3. The number of hydrogen-bond donors (Lipinski definition) is 0. The van der Waals surface area contributed by atoms with Crippen LogP contribution in [0, 0.1) is 34.5 Å². The molecule has 0 aliphatic heterocycles. The lowest BCUT2D eigenvalue weighted by Gasteiger charge is -2.57. The van der Waals surface area contributed by atoms with Gasteiger partial charge in [0.05, 0.1) is 0 Å². The molecule has 0 saturated heterocycles. The fourth-order valence-electron chi connectivity index (χ4n) is 8.02. The van der Waals surface area contributed by atoms with E-state index < -0.39 is 0 Å². The third-order valence-electron chi connectivity index (χ3n) is 9.60. The van der Waals surface area contributed by atoms with E-state index in [1.165, 1.54) is 51.4 Å². The Morgan fingerprint density at radius 2 is 1.83 bits per heavy atom. The average molecular weight is 389 g/mol. The molecule has 1 nitrogen and oxygen atoms in total. The van der Waals surface area contributed by atoms with Crippen molar-refractivity contribution in [3.63, 3.8) is 0 Å². The van der Waals surface area contributed by atoms with Crippen LogP contribution in [-0.2, 0) is 4.79 Å². The first-order valence-electron chi connectivity index (χ1n) is 12.0. The van der Waals surface area contributed by atoms with Crippen LogP contribution in [0.4, 0.5) is 0 Å². The van der Waals surface area contributed by atoms with Crippen LogP contribution in [0.3, 0.4) is 0 Å². The maximum Gasteiger partial charge on any atom is 0.159 e. The van der Waals surface area contributed by atoms with Gasteiger partial charge < -0.3 is 0 Å². The highest BCUT2D eigenvalue weighted by molar-refractivity contribution is 5.96. The molecule has 6 atom stereocenters. The number of carbonyl (C=O) groups is 1. The van der Waals surface area contributed by atoms with Crippen molar-refractivity contribution in [2.75, 3.05) is 0 Å². The van der Waals surface area contributed by atoms with E-state index in [0.29, 0.717) is 11.2 Å². The summed E-state index contributed by atoms with van der Waals surface area (Å²) in [7, 11) is 0. The lowest BCUT2D eigenvalue weighted by Crippen LogP contribution is -2.50. The van der Waals surface area contributed by atoms with Gasteiger partial charge >= 0.3 is 0 Å². The fraction of sp³-hybridized carbons (Fsp3) is 0.607. The molecule has 6 unspecified atom stereocenters. The van der Waals surface area contributed by atoms with Gasteiger partial charge in [0.2, 0.25) is 0 Å². The van der Waals surface area contributed by atoms with E-state index in [1.807, 2.05) is 30.4 Å². The molecule has 0 N–H and O–H groups in total. The minimum atomic E-state index is 0.204. The van der Waals surface area contributed by atoms with E-state index in [1.54, 1.807) is 5.57 Å². The average Bonchev–Trinajstić information content (AvgIpc) is 3.09. The van der Waals surface area contributed by atoms with Gasteiger partial charge in [-0.05, 0) is 91.6 Å². The zero-order valence-corrected chi connectivity index (χ0v) is 18.2. The molecule has 0 heterocycles. The number of fused-ring (bicyclic) bond motifs is 5. The highest BCUT2D eigenvalue weighted by Crippen LogP contribution is 2.66. The van der Waals surface area contributed by atoms with E-state index in [-0.39, 0.29) is 11.3 Å². The normalized spacial score (nSPS) is 41.4. The predicted molar refractivity (Wildman–Crippen MR) is 120 cm³/mol. The summed E-state index contributed by atoms with van der Waals surface area (Å²) in [6.07, 6.45) is 18.3. The second-order valence-electron chi connectivity index (χ2n) is 10.8. The van der Waals surface area contributed by atoms with Gasteiger partial charge in [0.25, 0.3) is 0 Å². The first kappa shape index (κ1) is 19.3. The Kier molecular flexibility index (Phi) is 4.84. The SMILES string of the molecule is CC12CCCCC1=CCC1C2CCC2(C)C(C(=O)/C=C/c3ccccc3)CCC12. The molecular formula is C28H36O. The molecule has 0 amide bonds. The predicted octanol–water partition coefficient (Wildman–Crippen LogP) is 7.24. The van der Waals surface area contributed by atoms with Crippen molar-refractivity contribution in [3.8, 4) is 0 Å². The summed E-state index contributed by atoms with van der Waals surface area (Å²) < 4.78 is 0. The summed E-state index contributed by atoms with van der Waals surface area (Å²) in [5.74, 6) is 2.98. The van der Waals surface area contributed by atoms with Gasteiger partial charge in [0, 0.05) is 5.92 Å². The lowest BCUT2D eigenvalue weighted by atomic mass is 9.47. The Morgan fingerprint density at radius 3 is 2.66 bits per heavy atom. The minimum Gasteiger partial charge on any atom is -0.295 e. The van der Waals surface area contributed by atoms with Crippen LogP contribution in [0.5, 0.6) is 0 Å². The van der Waals surface area contributed by atoms with Gasteiger partial charge in [-0.1, -0.05) is 68.3 Å². The van der Waals surface area contributed by atoms with Crippen molar-refractivity contribution in [1.82, 2.24) is 0 Å². The Bertz CT molecular complexity index is 833. The van der Waals surface area contributed by atoms with Crippen LogP contribution in [0.25, 0.3) is 6.08 Å². The van der Waals surface area contributed by atoms with Gasteiger partial charge in [0.1, 0.15) is 0 Å². The molecule has 29 heavy (non-hydrogen) atoms. The lowest BCUT2D eigenvalue weighted by molar-refractivity contribution is -0.124. The van der Waals surface area contributed by atoms with Crippen molar-refractivity contribution in [3.05, 3.63) is 53.6 Å². The summed E-state index contributed by atoms with van der Waals surface area (Å²) in [4.78, 5) is 13.2. The molecule has 5 rings (SSSR count). The molecule has 3 saturated carbocycles. The van der Waals surface area contributed by atoms with Crippen LogP contribution < -0.4 is 0 Å². The van der Waals surface area contributed by atoms with Crippen molar-refractivity contribution >= 4 is 11.9 Å². The second-order valence-corrected chi connectivity index (χ2v) is 10.8. The van der Waals surface area contributed by atoms with Crippen LogP contribution >= 0.6 is 0 Å². The van der Waals surface area contributed by atoms with E-state index in [9.17, 15) is 4.79 Å². The molecule has 1 aromatic rings. The molecule has 1 aromatic carbocycles. The highest BCUT2D eigenvalue weighted by atomic mass is 16.1. The van der Waals surface area contributed by atoms with Crippen molar-refractivity contribution in [2.24, 2.45) is 34.5 Å². The molecule has 0 bridgehead atoms. The summed E-state index contributed by atoms with van der Waals surface area (Å²) in [5, 5.41) is 0. The molecule has 4 aliphatic rings. The Hall–Kier alpha value is -1.63. The van der Waals surface area contributed by atoms with E-state index >= 15 is 0 Å². The Labute approximate surface area is 176 Å². The number of carbonyl (C=O) groups excluding carboxylic acids is 1. The topological polar surface area (TPSA) is 17.1 Å². The number of rotatable bonds is 3. The molecule has 0 spiro atoms. The maximum absolute atomic E-state index is 13.2. The van der Waals surface area contributed by atoms with Crippen molar-refractivity contribution in [2.45, 2.75) is 71.6 Å². The molecule has 1 heteroatoms. The second kappa shape index (κ2) is 7.25. The zero-order valence-electron chi connectivity index (χ0n) is 18.2. The van der Waals surface area contributed by atoms with Crippen molar-refractivity contribution in [1.29, 1.82) is 0 Å². The minimum absolute atomic E-state index is 0.204.